The third kappa shape index (κ3) is 6.11. The molecule has 1 N–H and O–H groups in total. The quantitative estimate of drug-likeness (QED) is 0.341. The van der Waals surface area contributed by atoms with Gasteiger partial charge in [-0.15, -0.1) is 0 Å². The largest absolute Gasteiger partial charge is 0.481 e. The Morgan fingerprint density at radius 2 is 1.67 bits per heavy atom. The van der Waals surface area contributed by atoms with Gasteiger partial charge in [0.1, 0.15) is 0 Å². The first kappa shape index (κ1) is 29.4. The molecular weight excluding hydrogens is 558 g/mol. The molecule has 0 unspecified atom stereocenters. The average Bonchev–Trinajstić information content (AvgIpc) is 3.36. The van der Waals surface area contributed by atoms with Crippen molar-refractivity contribution in [3.63, 3.8) is 0 Å². The molecule has 1 amide bonds. The highest BCUT2D eigenvalue weighted by atomic mass is 35.5. The molecule has 2 aliphatic carbocycles. The Kier molecular flexibility index (Phi) is 7.86. The number of carbonyl (C=O) groups excluding carboxylic acids is 2. The number of hydrogen-bond acceptors (Lipinski definition) is 4. The Labute approximate surface area is 234 Å². The minimum absolute atomic E-state index is 0.0121. The van der Waals surface area contributed by atoms with Gasteiger partial charge in [-0.1, -0.05) is 30.1 Å². The van der Waals surface area contributed by atoms with Gasteiger partial charge in [-0.2, -0.15) is 18.3 Å². The van der Waals surface area contributed by atoms with Crippen molar-refractivity contribution < 1.29 is 32.7 Å². The number of ketones is 1. The fourth-order valence-corrected chi connectivity index (χ4v) is 6.00. The standard InChI is InChI=1S/C27H30Cl2F3N3O4/c1-15-10-18(28)21(19(29)11-15)20(36)13-34(14-25(2)8-9-25)23(37)17-12-33-35(22(17)27(30,31)32)16-4-6-26(3,7-5-16)24(38)39/h10-12,16H,4-9,13-14H2,1-3H3,(H,38,39)/t16-,26+. The number of nitrogens with zero attached hydrogens (tertiary/aromatic N) is 3. The lowest BCUT2D eigenvalue weighted by Gasteiger charge is -2.34. The van der Waals surface area contributed by atoms with Gasteiger partial charge >= 0.3 is 12.1 Å². The molecule has 1 aromatic heterocycles. The molecule has 1 heterocycles. The minimum Gasteiger partial charge on any atom is -0.481 e. The number of rotatable bonds is 8. The van der Waals surface area contributed by atoms with E-state index in [-0.39, 0.29) is 53.3 Å². The number of aliphatic carboxylic acids is 1. The third-order valence-electron chi connectivity index (χ3n) is 7.98. The van der Waals surface area contributed by atoms with Crippen molar-refractivity contribution in [2.75, 3.05) is 13.1 Å². The highest BCUT2D eigenvalue weighted by Crippen LogP contribution is 2.47. The number of hydrogen-bond donors (Lipinski definition) is 1. The Morgan fingerprint density at radius 1 is 1.10 bits per heavy atom. The van der Waals surface area contributed by atoms with E-state index in [0.717, 1.165) is 34.2 Å². The molecule has 2 aromatic rings. The van der Waals surface area contributed by atoms with Gasteiger partial charge in [0, 0.05) is 6.54 Å². The lowest BCUT2D eigenvalue weighted by Crippen LogP contribution is -2.40. The molecule has 1 aromatic carbocycles. The number of amides is 1. The predicted octanol–water partition coefficient (Wildman–Crippen LogP) is 6.85. The van der Waals surface area contributed by atoms with Crippen LogP contribution in [-0.2, 0) is 11.0 Å². The number of carboxylic acids is 1. The molecular formula is C27H30Cl2F3N3O4. The van der Waals surface area contributed by atoms with E-state index >= 15 is 0 Å². The smallest absolute Gasteiger partial charge is 0.433 e. The van der Waals surface area contributed by atoms with Crippen molar-refractivity contribution in [3.8, 4) is 0 Å². The SMILES string of the molecule is Cc1cc(Cl)c(C(=O)CN(CC2(C)CC2)C(=O)c2cnn([C@H]3CC[C@@](C)(C(=O)O)CC3)c2C(F)(F)F)c(Cl)c1. The summed E-state index contributed by atoms with van der Waals surface area (Å²) < 4.78 is 44.0. The molecule has 0 atom stereocenters. The number of carbonyl (C=O) groups is 3. The van der Waals surface area contributed by atoms with Gasteiger partial charge in [-0.3, -0.25) is 19.1 Å². The van der Waals surface area contributed by atoms with Crippen LogP contribution < -0.4 is 0 Å². The summed E-state index contributed by atoms with van der Waals surface area (Å²) in [4.78, 5) is 39.6. The first-order chi connectivity index (χ1) is 18.0. The van der Waals surface area contributed by atoms with E-state index in [2.05, 4.69) is 5.10 Å². The number of alkyl halides is 3. The second-order valence-electron chi connectivity index (χ2n) is 11.4. The maximum Gasteiger partial charge on any atom is 0.433 e. The lowest BCUT2D eigenvalue weighted by molar-refractivity contribution is -0.152. The number of aryl methyl sites for hydroxylation is 1. The monoisotopic (exact) mass is 587 g/mol. The van der Waals surface area contributed by atoms with Crippen molar-refractivity contribution in [3.05, 3.63) is 50.8 Å². The van der Waals surface area contributed by atoms with Gasteiger partial charge in [-0.25, -0.2) is 0 Å². The Morgan fingerprint density at radius 3 is 2.15 bits per heavy atom. The minimum atomic E-state index is -4.90. The van der Waals surface area contributed by atoms with Crippen molar-refractivity contribution in [1.82, 2.24) is 14.7 Å². The second-order valence-corrected chi connectivity index (χ2v) is 12.3. The number of carboxylic acid groups (broad SMARTS) is 1. The van der Waals surface area contributed by atoms with Gasteiger partial charge in [0.25, 0.3) is 5.91 Å². The van der Waals surface area contributed by atoms with Crippen molar-refractivity contribution in [2.45, 2.75) is 71.5 Å². The van der Waals surface area contributed by atoms with Crippen LogP contribution in [-0.4, -0.2) is 50.5 Å². The van der Waals surface area contributed by atoms with E-state index in [1.807, 2.05) is 6.92 Å². The van der Waals surface area contributed by atoms with Crippen molar-refractivity contribution in [1.29, 1.82) is 0 Å². The zero-order chi connectivity index (χ0) is 28.9. The number of halogens is 5. The van der Waals surface area contributed by atoms with E-state index in [0.29, 0.717) is 0 Å². The molecule has 0 aliphatic heterocycles. The Bertz CT molecular complexity index is 1290. The molecule has 7 nitrogen and oxygen atoms in total. The summed E-state index contributed by atoms with van der Waals surface area (Å²) in [6.07, 6.45) is -1.75. The molecule has 212 valence electrons. The Balaban J connectivity index is 1.66. The first-order valence-electron chi connectivity index (χ1n) is 12.7. The fourth-order valence-electron chi connectivity index (χ4n) is 5.20. The van der Waals surface area contributed by atoms with Crippen molar-refractivity contribution in [2.24, 2.45) is 10.8 Å². The van der Waals surface area contributed by atoms with Crippen LogP contribution in [0.4, 0.5) is 13.2 Å². The molecule has 2 saturated carbocycles. The zero-order valence-electron chi connectivity index (χ0n) is 21.9. The average molecular weight is 588 g/mol. The molecule has 2 aliphatic rings. The van der Waals surface area contributed by atoms with Gasteiger partial charge in [0.2, 0.25) is 0 Å². The number of benzene rings is 1. The molecule has 4 rings (SSSR count). The summed E-state index contributed by atoms with van der Waals surface area (Å²) in [6.45, 7) is 4.81. The van der Waals surface area contributed by atoms with E-state index in [1.54, 1.807) is 26.0 Å². The maximum atomic E-state index is 14.4. The van der Waals surface area contributed by atoms with E-state index in [1.165, 1.54) is 0 Å². The van der Waals surface area contributed by atoms with E-state index in [9.17, 15) is 32.7 Å². The van der Waals surface area contributed by atoms with Gasteiger partial charge < -0.3 is 10.0 Å². The zero-order valence-corrected chi connectivity index (χ0v) is 23.4. The van der Waals surface area contributed by atoms with Crippen LogP contribution in [0.5, 0.6) is 0 Å². The molecule has 12 heteroatoms. The first-order valence-corrected chi connectivity index (χ1v) is 13.5. The summed E-state index contributed by atoms with van der Waals surface area (Å²) in [6, 6.07) is 2.40. The molecule has 39 heavy (non-hydrogen) atoms. The normalized spacial score (nSPS) is 22.4. The number of Topliss-reactive ketones (excluding diaryl/α,β-unsaturated/α-hetero) is 1. The van der Waals surface area contributed by atoms with E-state index in [4.69, 9.17) is 23.2 Å². The molecule has 0 radical (unpaired) electrons. The van der Waals surface area contributed by atoms with Crippen LogP contribution in [0.1, 0.15) is 90.4 Å². The summed E-state index contributed by atoms with van der Waals surface area (Å²) >= 11 is 12.5. The predicted molar refractivity (Wildman–Crippen MR) is 139 cm³/mol. The third-order valence-corrected chi connectivity index (χ3v) is 8.57. The topological polar surface area (TPSA) is 92.5 Å². The van der Waals surface area contributed by atoms with Crippen LogP contribution >= 0.6 is 23.2 Å². The van der Waals surface area contributed by atoms with Crippen LogP contribution in [0.25, 0.3) is 0 Å². The number of aromatic nitrogens is 2. The van der Waals surface area contributed by atoms with Crippen molar-refractivity contribution >= 4 is 40.9 Å². The summed E-state index contributed by atoms with van der Waals surface area (Å²) in [5, 5.41) is 13.6. The summed E-state index contributed by atoms with van der Waals surface area (Å²) in [5.41, 5.74) is -2.42. The summed E-state index contributed by atoms with van der Waals surface area (Å²) in [5.74, 6) is -2.53. The molecule has 0 bridgehead atoms. The van der Waals surface area contributed by atoms with Crippen LogP contribution in [0.15, 0.2) is 18.3 Å². The van der Waals surface area contributed by atoms with Crippen LogP contribution in [0.2, 0.25) is 10.0 Å². The van der Waals surface area contributed by atoms with Crippen LogP contribution in [0.3, 0.4) is 0 Å². The lowest BCUT2D eigenvalue weighted by atomic mass is 9.74. The highest BCUT2D eigenvalue weighted by Gasteiger charge is 2.46. The molecule has 0 spiro atoms. The van der Waals surface area contributed by atoms with E-state index < -0.39 is 53.1 Å². The second kappa shape index (κ2) is 10.4. The molecule has 0 saturated heterocycles. The summed E-state index contributed by atoms with van der Waals surface area (Å²) in [7, 11) is 0. The fraction of sp³-hybridized carbons (Fsp3) is 0.556. The van der Waals surface area contributed by atoms with Gasteiger partial charge in [0.05, 0.1) is 45.4 Å². The van der Waals surface area contributed by atoms with Gasteiger partial charge in [0.15, 0.2) is 11.5 Å². The van der Waals surface area contributed by atoms with Crippen LogP contribution in [0, 0.1) is 17.8 Å². The maximum absolute atomic E-state index is 14.4. The highest BCUT2D eigenvalue weighted by molar-refractivity contribution is 6.40. The Hall–Kier alpha value is -2.59. The van der Waals surface area contributed by atoms with Gasteiger partial charge in [-0.05, 0) is 75.5 Å². The molecule has 2 fully saturated rings.